The number of fused-ring (bicyclic) bond motifs is 2. The molecule has 0 bridgehead atoms. The minimum atomic E-state index is 0.936. The quantitative estimate of drug-likeness (QED) is 0.368. The van der Waals surface area contributed by atoms with Crippen LogP contribution < -0.4 is 5.32 Å². The van der Waals surface area contributed by atoms with E-state index in [1.165, 1.54) is 21.4 Å². The van der Waals surface area contributed by atoms with E-state index in [4.69, 9.17) is 0 Å². The summed E-state index contributed by atoms with van der Waals surface area (Å²) < 4.78 is 0. The van der Waals surface area contributed by atoms with E-state index in [-0.39, 0.29) is 0 Å². The molecule has 4 nitrogen and oxygen atoms in total. The summed E-state index contributed by atoms with van der Waals surface area (Å²) >= 11 is 1.74. The summed E-state index contributed by atoms with van der Waals surface area (Å²) in [5.74, 6) is 0. The van der Waals surface area contributed by atoms with E-state index in [2.05, 4.69) is 88.9 Å². The van der Waals surface area contributed by atoms with Gasteiger partial charge in [-0.3, -0.25) is 0 Å². The number of thiophene rings is 1. The molecule has 5 rings (SSSR count). The van der Waals surface area contributed by atoms with Gasteiger partial charge in [-0.2, -0.15) is 0 Å². The molecular formula is C24H22N4S. The number of aromatic nitrogens is 2. The summed E-state index contributed by atoms with van der Waals surface area (Å²) in [7, 11) is 4.19. The van der Waals surface area contributed by atoms with Gasteiger partial charge in [0.2, 0.25) is 0 Å². The zero-order chi connectivity index (χ0) is 19.8. The van der Waals surface area contributed by atoms with E-state index in [0.717, 1.165) is 33.7 Å². The molecule has 0 saturated heterocycles. The molecule has 29 heavy (non-hydrogen) atoms. The lowest BCUT2D eigenvalue weighted by Gasteiger charge is -2.10. The van der Waals surface area contributed by atoms with Crippen LogP contribution in [0.2, 0.25) is 0 Å². The first kappa shape index (κ1) is 17.9. The highest BCUT2D eigenvalue weighted by molar-refractivity contribution is 7.21. The highest BCUT2D eigenvalue weighted by Gasteiger charge is 2.10. The Morgan fingerprint density at radius 3 is 2.86 bits per heavy atom. The van der Waals surface area contributed by atoms with Crippen molar-refractivity contribution in [2.45, 2.75) is 6.54 Å². The standard InChI is InChI=1S/C24H22N4S/c1-28(2)15-16-4-3-5-18(12-16)23-14-20-22(9-11-26-24(20)29-23)27-19-6-7-21-17(13-19)8-10-25-21/h3-14,25H,15H2,1-2H3,(H,26,27). The molecule has 0 atom stereocenters. The summed E-state index contributed by atoms with van der Waals surface area (Å²) in [6, 6.07) is 21.5. The summed E-state index contributed by atoms with van der Waals surface area (Å²) in [4.78, 5) is 12.3. The number of benzene rings is 2. The third-order valence-corrected chi connectivity index (χ3v) is 6.07. The average molecular weight is 399 g/mol. The average Bonchev–Trinajstić information content (AvgIpc) is 3.34. The molecular weight excluding hydrogens is 376 g/mol. The fourth-order valence-electron chi connectivity index (χ4n) is 3.67. The maximum Gasteiger partial charge on any atom is 0.125 e. The van der Waals surface area contributed by atoms with Crippen molar-refractivity contribution in [3.63, 3.8) is 0 Å². The van der Waals surface area contributed by atoms with Crippen molar-refractivity contribution in [2.75, 3.05) is 19.4 Å². The first-order chi connectivity index (χ1) is 14.2. The lowest BCUT2D eigenvalue weighted by Crippen LogP contribution is -2.10. The number of nitrogens with one attached hydrogen (secondary N) is 2. The van der Waals surface area contributed by atoms with E-state index in [1.54, 1.807) is 11.3 Å². The number of aromatic amines is 1. The number of hydrogen-bond acceptors (Lipinski definition) is 4. The fourth-order valence-corrected chi connectivity index (χ4v) is 4.69. The van der Waals surface area contributed by atoms with Crippen LogP contribution in [-0.2, 0) is 6.54 Å². The van der Waals surface area contributed by atoms with E-state index in [0.29, 0.717) is 0 Å². The Hall–Kier alpha value is -3.15. The zero-order valence-electron chi connectivity index (χ0n) is 16.4. The largest absolute Gasteiger partial charge is 0.361 e. The summed E-state index contributed by atoms with van der Waals surface area (Å²) in [5, 5.41) is 5.93. The molecule has 144 valence electrons. The lowest BCUT2D eigenvalue weighted by atomic mass is 10.1. The molecule has 3 aromatic heterocycles. The van der Waals surface area contributed by atoms with Gasteiger partial charge in [0.25, 0.3) is 0 Å². The number of anilines is 2. The molecule has 0 aliphatic rings. The number of nitrogens with zero attached hydrogens (tertiary/aromatic N) is 2. The molecule has 5 aromatic rings. The fraction of sp³-hybridized carbons (Fsp3) is 0.125. The van der Waals surface area contributed by atoms with Crippen LogP contribution in [0.4, 0.5) is 11.4 Å². The molecule has 3 heterocycles. The monoisotopic (exact) mass is 398 g/mol. The van der Waals surface area contributed by atoms with Gasteiger partial charge >= 0.3 is 0 Å². The predicted octanol–water partition coefficient (Wildman–Crippen LogP) is 6.25. The number of H-pyrrole nitrogens is 1. The second-order valence-corrected chi connectivity index (χ2v) is 8.56. The lowest BCUT2D eigenvalue weighted by molar-refractivity contribution is 0.402. The molecule has 2 N–H and O–H groups in total. The second-order valence-electron chi connectivity index (χ2n) is 7.53. The SMILES string of the molecule is CN(C)Cc1cccc(-c2cc3c(Nc4ccc5[nH]ccc5c4)ccnc3s2)c1. The van der Waals surface area contributed by atoms with Crippen LogP contribution in [0.25, 0.3) is 31.6 Å². The van der Waals surface area contributed by atoms with Gasteiger partial charge in [0, 0.05) is 45.8 Å². The van der Waals surface area contributed by atoms with Crippen molar-refractivity contribution in [3.8, 4) is 10.4 Å². The van der Waals surface area contributed by atoms with Crippen LogP contribution in [0.15, 0.2) is 73.1 Å². The van der Waals surface area contributed by atoms with Gasteiger partial charge in [0.05, 0.1) is 5.69 Å². The number of hydrogen-bond donors (Lipinski definition) is 2. The first-order valence-corrected chi connectivity index (χ1v) is 10.4. The van der Waals surface area contributed by atoms with Gasteiger partial charge in [-0.25, -0.2) is 4.98 Å². The van der Waals surface area contributed by atoms with E-state index >= 15 is 0 Å². The smallest absolute Gasteiger partial charge is 0.125 e. The molecule has 0 spiro atoms. The Morgan fingerprint density at radius 2 is 1.97 bits per heavy atom. The Labute approximate surface area is 173 Å². The van der Waals surface area contributed by atoms with Gasteiger partial charge in [-0.15, -0.1) is 11.3 Å². The van der Waals surface area contributed by atoms with Crippen molar-refractivity contribution in [2.24, 2.45) is 0 Å². The molecule has 0 unspecified atom stereocenters. The molecule has 0 fully saturated rings. The highest BCUT2D eigenvalue weighted by Crippen LogP contribution is 2.37. The van der Waals surface area contributed by atoms with Crippen LogP contribution in [0.5, 0.6) is 0 Å². The Kier molecular flexibility index (Phi) is 4.54. The zero-order valence-corrected chi connectivity index (χ0v) is 17.3. The molecule has 0 saturated carbocycles. The van der Waals surface area contributed by atoms with E-state index < -0.39 is 0 Å². The molecule has 2 aromatic carbocycles. The van der Waals surface area contributed by atoms with Crippen molar-refractivity contribution >= 4 is 43.8 Å². The normalized spacial score (nSPS) is 11.6. The second kappa shape index (κ2) is 7.35. The van der Waals surface area contributed by atoms with Gasteiger partial charge in [0.15, 0.2) is 0 Å². The summed E-state index contributed by atoms with van der Waals surface area (Å²) in [5.41, 5.74) is 5.86. The Bertz CT molecular complexity index is 1300. The van der Waals surface area contributed by atoms with Gasteiger partial charge in [-0.1, -0.05) is 18.2 Å². The topological polar surface area (TPSA) is 44.0 Å². The van der Waals surface area contributed by atoms with Crippen molar-refractivity contribution < 1.29 is 0 Å². The third-order valence-electron chi connectivity index (χ3n) is 4.98. The number of pyridine rings is 1. The van der Waals surface area contributed by atoms with Crippen LogP contribution in [0, 0.1) is 0 Å². The van der Waals surface area contributed by atoms with Crippen LogP contribution in [0.3, 0.4) is 0 Å². The van der Waals surface area contributed by atoms with Crippen LogP contribution in [0.1, 0.15) is 5.56 Å². The van der Waals surface area contributed by atoms with E-state index in [9.17, 15) is 0 Å². The Balaban J connectivity index is 1.51. The van der Waals surface area contributed by atoms with Gasteiger partial charge in [0.1, 0.15) is 4.83 Å². The minimum absolute atomic E-state index is 0.936. The Morgan fingerprint density at radius 1 is 1.03 bits per heavy atom. The van der Waals surface area contributed by atoms with Crippen LogP contribution >= 0.6 is 11.3 Å². The number of rotatable bonds is 5. The summed E-state index contributed by atoms with van der Waals surface area (Å²) in [6.45, 7) is 0.936. The molecule has 5 heteroatoms. The molecule has 0 radical (unpaired) electrons. The third kappa shape index (κ3) is 3.62. The van der Waals surface area contributed by atoms with Crippen molar-refractivity contribution in [3.05, 3.63) is 78.6 Å². The van der Waals surface area contributed by atoms with Gasteiger partial charge < -0.3 is 15.2 Å². The van der Waals surface area contributed by atoms with Gasteiger partial charge in [-0.05, 0) is 67.7 Å². The molecule has 0 aliphatic heterocycles. The van der Waals surface area contributed by atoms with E-state index in [1.807, 2.05) is 18.5 Å². The van der Waals surface area contributed by atoms with Crippen molar-refractivity contribution in [1.82, 2.24) is 14.9 Å². The molecule has 0 amide bonds. The van der Waals surface area contributed by atoms with Crippen molar-refractivity contribution in [1.29, 1.82) is 0 Å². The highest BCUT2D eigenvalue weighted by atomic mass is 32.1. The first-order valence-electron chi connectivity index (χ1n) is 9.62. The maximum absolute atomic E-state index is 4.61. The minimum Gasteiger partial charge on any atom is -0.361 e. The molecule has 0 aliphatic carbocycles. The maximum atomic E-state index is 4.61. The summed E-state index contributed by atoms with van der Waals surface area (Å²) in [6.07, 6.45) is 3.84. The van der Waals surface area contributed by atoms with Crippen LogP contribution in [-0.4, -0.2) is 29.0 Å². The predicted molar refractivity (Wildman–Crippen MR) is 124 cm³/mol.